The molecule has 2 unspecified atom stereocenters. The molecule has 1 fully saturated rings. The summed E-state index contributed by atoms with van der Waals surface area (Å²) >= 11 is 0. The summed E-state index contributed by atoms with van der Waals surface area (Å²) in [6, 6.07) is 0. The Kier molecular flexibility index (Phi) is 6.87. The van der Waals surface area contributed by atoms with Crippen LogP contribution in [0.1, 0.15) is 53.4 Å². The first kappa shape index (κ1) is 22.5. The zero-order chi connectivity index (χ0) is 21.3. The summed E-state index contributed by atoms with van der Waals surface area (Å²) in [5, 5.41) is 29.4. The van der Waals surface area contributed by atoms with Crippen LogP contribution >= 0.6 is 0 Å². The molecule has 162 valence electrons. The Bertz CT molecular complexity index is 706. The van der Waals surface area contributed by atoms with Crippen LogP contribution in [-0.2, 0) is 4.79 Å². The van der Waals surface area contributed by atoms with E-state index in [2.05, 4.69) is 32.9 Å². The molecule has 0 aliphatic heterocycles. The number of carbonyl (C=O) groups excluding carboxylic acids is 1. The van der Waals surface area contributed by atoms with E-state index in [1.807, 2.05) is 13.0 Å². The Labute approximate surface area is 175 Å². The number of ketones is 1. The summed E-state index contributed by atoms with van der Waals surface area (Å²) < 4.78 is 0. The van der Waals surface area contributed by atoms with Gasteiger partial charge in [0.05, 0.1) is 18.6 Å². The molecule has 3 aliphatic rings. The minimum Gasteiger partial charge on any atom is -0.396 e. The zero-order valence-electron chi connectivity index (χ0n) is 18.3. The molecule has 0 radical (unpaired) electrons. The van der Waals surface area contributed by atoms with E-state index in [1.54, 1.807) is 6.08 Å². The molecular weight excluding hydrogens is 364 g/mol. The first-order chi connectivity index (χ1) is 13.7. The number of fused-ring (bicyclic) bond motifs is 2. The highest BCUT2D eigenvalue weighted by Crippen LogP contribution is 2.58. The van der Waals surface area contributed by atoms with Crippen LogP contribution < -0.4 is 0 Å². The van der Waals surface area contributed by atoms with Crippen molar-refractivity contribution in [1.29, 1.82) is 0 Å². The maximum absolute atomic E-state index is 12.6. The van der Waals surface area contributed by atoms with Crippen LogP contribution in [0.25, 0.3) is 0 Å². The average molecular weight is 403 g/mol. The second-order valence-electron chi connectivity index (χ2n) is 10.1. The molecule has 29 heavy (non-hydrogen) atoms. The fourth-order valence-electron chi connectivity index (χ4n) is 6.14. The maximum Gasteiger partial charge on any atom is 0.163 e. The second-order valence-corrected chi connectivity index (χ2v) is 10.1. The smallest absolute Gasteiger partial charge is 0.163 e. The molecule has 3 N–H and O–H groups in total. The van der Waals surface area contributed by atoms with Crippen molar-refractivity contribution in [2.24, 2.45) is 40.9 Å². The number of hydrogen-bond donors (Lipinski definition) is 3. The lowest BCUT2D eigenvalue weighted by Gasteiger charge is -2.41. The topological polar surface area (TPSA) is 77.8 Å². The highest BCUT2D eigenvalue weighted by molar-refractivity contribution is 5.97. The molecule has 4 nitrogen and oxygen atoms in total. The van der Waals surface area contributed by atoms with E-state index in [0.29, 0.717) is 17.8 Å². The van der Waals surface area contributed by atoms with Gasteiger partial charge in [0.1, 0.15) is 0 Å². The normalized spacial score (nSPS) is 39.8. The number of rotatable bonds is 6. The highest BCUT2D eigenvalue weighted by atomic mass is 16.3. The number of allylic oxidation sites excluding steroid dienone is 4. The molecule has 8 atom stereocenters. The molecule has 0 heterocycles. The van der Waals surface area contributed by atoms with Gasteiger partial charge in [-0.1, -0.05) is 44.6 Å². The standard InChI is InChI=1S/C25H38O4/c1-15(5-8-22(28)17(3)13-26)19-9-10-25(4)12-20-16(2)11-23(29)24(20)18(14-27)6-7-21(19)25/h5-6,8,11,15,17,19-22,24,26-28H,7,9-10,12-14H2,1-4H3/b8-5-,18-6-/t15-,17?,19+,20+,21-,22?,24-,25+/m0/s1. The summed E-state index contributed by atoms with van der Waals surface area (Å²) in [7, 11) is 0. The number of aliphatic hydroxyl groups excluding tert-OH is 3. The van der Waals surface area contributed by atoms with Gasteiger partial charge in [-0.3, -0.25) is 4.79 Å². The van der Waals surface area contributed by atoms with Crippen LogP contribution in [0, 0.1) is 40.9 Å². The van der Waals surface area contributed by atoms with Gasteiger partial charge in [0.25, 0.3) is 0 Å². The van der Waals surface area contributed by atoms with Gasteiger partial charge in [0.15, 0.2) is 5.78 Å². The van der Waals surface area contributed by atoms with Crippen molar-refractivity contribution in [2.45, 2.75) is 59.5 Å². The van der Waals surface area contributed by atoms with Gasteiger partial charge >= 0.3 is 0 Å². The average Bonchev–Trinajstić information content (AvgIpc) is 3.14. The van der Waals surface area contributed by atoms with Crippen LogP contribution in [0.5, 0.6) is 0 Å². The van der Waals surface area contributed by atoms with Gasteiger partial charge in [-0.15, -0.1) is 0 Å². The second kappa shape index (κ2) is 8.87. The lowest BCUT2D eigenvalue weighted by Crippen LogP contribution is -2.35. The molecule has 4 heteroatoms. The lowest BCUT2D eigenvalue weighted by atomic mass is 9.63. The molecule has 3 aliphatic carbocycles. The first-order valence-corrected chi connectivity index (χ1v) is 11.2. The van der Waals surface area contributed by atoms with Gasteiger partial charge in [-0.25, -0.2) is 0 Å². The van der Waals surface area contributed by atoms with Gasteiger partial charge in [0.2, 0.25) is 0 Å². The summed E-state index contributed by atoms with van der Waals surface area (Å²) in [4.78, 5) is 12.6. The van der Waals surface area contributed by atoms with Crippen molar-refractivity contribution >= 4 is 5.78 Å². The molecule has 0 aromatic heterocycles. The SMILES string of the molecule is CC1=CC(=O)[C@H]2/C(CO)=C\C[C@H]3[C@@H]([C@@H](C)/C=C\C(O)C(C)CO)CC[C@]3(C)C[C@H]12. The molecule has 1 saturated carbocycles. The van der Waals surface area contributed by atoms with E-state index >= 15 is 0 Å². The number of aliphatic hydroxyl groups is 3. The van der Waals surface area contributed by atoms with Crippen LogP contribution in [0.4, 0.5) is 0 Å². The Hall–Kier alpha value is -1.23. The third-order valence-corrected chi connectivity index (χ3v) is 8.18. The van der Waals surface area contributed by atoms with E-state index in [-0.39, 0.29) is 42.2 Å². The molecule has 0 aromatic rings. The Morgan fingerprint density at radius 2 is 2.00 bits per heavy atom. The summed E-state index contributed by atoms with van der Waals surface area (Å²) in [5.41, 5.74) is 2.25. The fraction of sp³-hybridized carbons (Fsp3) is 0.720. The predicted octanol–water partition coefficient (Wildman–Crippen LogP) is 3.67. The molecule has 3 rings (SSSR count). The van der Waals surface area contributed by atoms with Crippen LogP contribution in [0.2, 0.25) is 0 Å². The van der Waals surface area contributed by atoms with Crippen molar-refractivity contribution < 1.29 is 20.1 Å². The van der Waals surface area contributed by atoms with Crippen molar-refractivity contribution in [3.8, 4) is 0 Å². The van der Waals surface area contributed by atoms with E-state index in [4.69, 9.17) is 0 Å². The monoisotopic (exact) mass is 402 g/mol. The highest BCUT2D eigenvalue weighted by Gasteiger charge is 2.50. The third kappa shape index (κ3) is 4.30. The maximum atomic E-state index is 12.6. The van der Waals surface area contributed by atoms with Gasteiger partial charge in [0, 0.05) is 12.5 Å². The van der Waals surface area contributed by atoms with Crippen molar-refractivity contribution in [1.82, 2.24) is 0 Å². The van der Waals surface area contributed by atoms with Gasteiger partial charge in [-0.2, -0.15) is 0 Å². The summed E-state index contributed by atoms with van der Waals surface area (Å²) in [5.74, 6) is 1.41. The Morgan fingerprint density at radius 3 is 2.66 bits per heavy atom. The molecular formula is C25H38O4. The summed E-state index contributed by atoms with van der Waals surface area (Å²) in [6.07, 6.45) is 11.5. The molecule has 0 bridgehead atoms. The van der Waals surface area contributed by atoms with Gasteiger partial charge < -0.3 is 15.3 Å². The van der Waals surface area contributed by atoms with E-state index in [0.717, 1.165) is 31.3 Å². The van der Waals surface area contributed by atoms with Gasteiger partial charge in [-0.05, 0) is 73.3 Å². The first-order valence-electron chi connectivity index (χ1n) is 11.2. The largest absolute Gasteiger partial charge is 0.396 e. The minimum absolute atomic E-state index is 0.0209. The zero-order valence-corrected chi connectivity index (χ0v) is 18.3. The molecule has 0 saturated heterocycles. The Balaban J connectivity index is 1.83. The molecule has 0 amide bonds. The molecule has 0 aromatic carbocycles. The molecule has 0 spiro atoms. The fourth-order valence-corrected chi connectivity index (χ4v) is 6.14. The van der Waals surface area contributed by atoms with E-state index in [9.17, 15) is 20.1 Å². The van der Waals surface area contributed by atoms with Crippen LogP contribution in [-0.4, -0.2) is 40.4 Å². The minimum atomic E-state index is -0.619. The van der Waals surface area contributed by atoms with E-state index in [1.165, 1.54) is 5.57 Å². The number of hydrogen-bond acceptors (Lipinski definition) is 4. The van der Waals surface area contributed by atoms with Crippen LogP contribution in [0.15, 0.2) is 35.5 Å². The van der Waals surface area contributed by atoms with E-state index < -0.39 is 6.10 Å². The lowest BCUT2D eigenvalue weighted by molar-refractivity contribution is -0.117. The Morgan fingerprint density at radius 1 is 1.28 bits per heavy atom. The van der Waals surface area contributed by atoms with Crippen LogP contribution in [0.3, 0.4) is 0 Å². The van der Waals surface area contributed by atoms with Crippen molar-refractivity contribution in [3.05, 3.63) is 35.5 Å². The van der Waals surface area contributed by atoms with Crippen molar-refractivity contribution in [2.75, 3.05) is 13.2 Å². The third-order valence-electron chi connectivity index (χ3n) is 8.18. The van der Waals surface area contributed by atoms with Crippen molar-refractivity contribution in [3.63, 3.8) is 0 Å². The predicted molar refractivity (Wildman–Crippen MR) is 115 cm³/mol. The number of carbonyl (C=O) groups is 1. The quantitative estimate of drug-likeness (QED) is 0.592. The summed E-state index contributed by atoms with van der Waals surface area (Å²) in [6.45, 7) is 8.47.